The van der Waals surface area contributed by atoms with E-state index in [-0.39, 0.29) is 0 Å². The van der Waals surface area contributed by atoms with Crippen LogP contribution in [0.1, 0.15) is 27.7 Å². The van der Waals surface area contributed by atoms with Gasteiger partial charge in [-0.3, -0.25) is 0 Å². The Morgan fingerprint density at radius 2 is 1.70 bits per heavy atom. The first-order chi connectivity index (χ1) is 4.70. The highest BCUT2D eigenvalue weighted by Gasteiger charge is 2.03. The molecule has 0 spiro atoms. The van der Waals surface area contributed by atoms with Gasteiger partial charge in [-0.25, -0.2) is 0 Å². The summed E-state index contributed by atoms with van der Waals surface area (Å²) in [6, 6.07) is 2.78. The van der Waals surface area contributed by atoms with Gasteiger partial charge in [-0.15, -0.1) is 0 Å². The number of hydrogen-bond donors (Lipinski definition) is 1. The molecule has 0 aliphatic heterocycles. The van der Waals surface area contributed by atoms with Crippen molar-refractivity contribution in [2.24, 2.45) is 5.92 Å². The van der Waals surface area contributed by atoms with Gasteiger partial charge in [0, 0.05) is 0 Å². The molecule has 0 aromatic heterocycles. The van der Waals surface area contributed by atoms with E-state index in [2.05, 4.69) is 32.7 Å². The molecule has 0 saturated carbocycles. The maximum absolute atomic E-state index is 3.66. The van der Waals surface area contributed by atoms with Crippen molar-refractivity contribution in [3.8, 4) is 0 Å². The van der Waals surface area contributed by atoms with Crippen LogP contribution in [-0.2, 0) is 0 Å². The summed E-state index contributed by atoms with van der Waals surface area (Å²) >= 11 is 0. The molecule has 0 saturated heterocycles. The van der Waals surface area contributed by atoms with Crippen molar-refractivity contribution in [3.05, 3.63) is 0 Å². The lowest BCUT2D eigenvalue weighted by molar-refractivity contribution is 0.627. The Labute approximate surface area is 66.9 Å². The molecule has 10 heavy (non-hydrogen) atoms. The largest absolute Gasteiger partial charge is 0.339 e. The summed E-state index contributed by atoms with van der Waals surface area (Å²) in [6.45, 7) is 10.4. The predicted molar refractivity (Wildman–Crippen MR) is 51.0 cm³/mol. The van der Waals surface area contributed by atoms with Gasteiger partial charge >= 0.3 is 0 Å². The lowest BCUT2D eigenvalue weighted by atomic mass is 10.2. The first-order valence-electron chi connectivity index (χ1n) is 4.44. The SMILES string of the molecule is CC[SiH](CC)NCC(C)C. The molecule has 0 aliphatic carbocycles. The highest BCUT2D eigenvalue weighted by Crippen LogP contribution is 1.95. The fraction of sp³-hybridized carbons (Fsp3) is 1.00. The Kier molecular flexibility index (Phi) is 6.03. The lowest BCUT2D eigenvalue weighted by Gasteiger charge is -2.14. The van der Waals surface area contributed by atoms with Gasteiger partial charge in [0.2, 0.25) is 0 Å². The van der Waals surface area contributed by atoms with Crippen molar-refractivity contribution in [3.63, 3.8) is 0 Å². The van der Waals surface area contributed by atoms with Crippen LogP contribution in [0.4, 0.5) is 0 Å². The molecule has 0 fully saturated rings. The van der Waals surface area contributed by atoms with Crippen LogP contribution in [0, 0.1) is 5.92 Å². The van der Waals surface area contributed by atoms with Crippen LogP contribution in [0.25, 0.3) is 0 Å². The molecule has 0 aromatic rings. The molecule has 0 aromatic carbocycles. The van der Waals surface area contributed by atoms with Gasteiger partial charge in [-0.05, 0) is 24.6 Å². The summed E-state index contributed by atoms with van der Waals surface area (Å²) in [6.07, 6.45) is 0. The van der Waals surface area contributed by atoms with Crippen molar-refractivity contribution in [2.75, 3.05) is 6.54 Å². The molecule has 0 heterocycles. The number of nitrogens with one attached hydrogen (secondary N) is 1. The second-order valence-corrected chi connectivity index (χ2v) is 6.75. The highest BCUT2D eigenvalue weighted by molar-refractivity contribution is 6.55. The Morgan fingerprint density at radius 1 is 1.20 bits per heavy atom. The van der Waals surface area contributed by atoms with Crippen molar-refractivity contribution < 1.29 is 0 Å². The smallest absolute Gasteiger partial charge is 0.108 e. The van der Waals surface area contributed by atoms with E-state index in [1.807, 2.05) is 0 Å². The van der Waals surface area contributed by atoms with E-state index in [0.717, 1.165) is 5.92 Å². The molecule has 1 nitrogen and oxygen atoms in total. The van der Waals surface area contributed by atoms with E-state index < -0.39 is 8.96 Å². The van der Waals surface area contributed by atoms with Crippen LogP contribution >= 0.6 is 0 Å². The molecule has 0 rings (SSSR count). The minimum absolute atomic E-state index is 0.498. The minimum atomic E-state index is -0.498. The van der Waals surface area contributed by atoms with Gasteiger partial charge < -0.3 is 4.98 Å². The topological polar surface area (TPSA) is 12.0 Å². The van der Waals surface area contributed by atoms with Gasteiger partial charge in [0.25, 0.3) is 0 Å². The molecular weight excluding hydrogens is 138 g/mol. The lowest BCUT2D eigenvalue weighted by Crippen LogP contribution is -2.34. The van der Waals surface area contributed by atoms with Gasteiger partial charge in [-0.2, -0.15) is 0 Å². The average Bonchev–Trinajstić information content (AvgIpc) is 1.90. The van der Waals surface area contributed by atoms with E-state index >= 15 is 0 Å². The summed E-state index contributed by atoms with van der Waals surface area (Å²) < 4.78 is 0. The van der Waals surface area contributed by atoms with E-state index in [4.69, 9.17) is 0 Å². The Hall–Kier alpha value is 0.177. The van der Waals surface area contributed by atoms with Crippen LogP contribution in [0.15, 0.2) is 0 Å². The maximum Gasteiger partial charge on any atom is 0.108 e. The standard InChI is InChI=1S/C8H21NSi/c1-5-10(6-2)9-7-8(3)4/h8-10H,5-7H2,1-4H3. The van der Waals surface area contributed by atoms with Crippen LogP contribution in [0.3, 0.4) is 0 Å². The maximum atomic E-state index is 3.66. The third-order valence-electron chi connectivity index (χ3n) is 1.80. The first-order valence-corrected chi connectivity index (χ1v) is 6.65. The number of hydrogen-bond acceptors (Lipinski definition) is 1. The van der Waals surface area contributed by atoms with Crippen molar-refractivity contribution in [1.82, 2.24) is 4.98 Å². The summed E-state index contributed by atoms with van der Waals surface area (Å²) in [4.78, 5) is 3.66. The molecule has 1 N–H and O–H groups in total. The fourth-order valence-electron chi connectivity index (χ4n) is 0.980. The summed E-state index contributed by atoms with van der Waals surface area (Å²) in [5.74, 6) is 0.813. The van der Waals surface area contributed by atoms with Crippen LogP contribution < -0.4 is 4.98 Å². The Bertz CT molecular complexity index is 69.7. The predicted octanol–water partition coefficient (Wildman–Crippen LogP) is 2.00. The average molecular weight is 159 g/mol. The molecule has 0 bridgehead atoms. The molecule has 0 unspecified atom stereocenters. The minimum Gasteiger partial charge on any atom is -0.339 e. The van der Waals surface area contributed by atoms with Gasteiger partial charge in [0.05, 0.1) is 0 Å². The second kappa shape index (κ2) is 5.92. The van der Waals surface area contributed by atoms with Gasteiger partial charge in [-0.1, -0.05) is 27.7 Å². The van der Waals surface area contributed by atoms with E-state index in [9.17, 15) is 0 Å². The van der Waals surface area contributed by atoms with E-state index in [0.29, 0.717) is 0 Å². The zero-order valence-electron chi connectivity index (χ0n) is 7.78. The molecule has 0 amide bonds. The van der Waals surface area contributed by atoms with Crippen LogP contribution in [0.2, 0.25) is 12.1 Å². The molecule has 62 valence electrons. The summed E-state index contributed by atoms with van der Waals surface area (Å²) in [5.41, 5.74) is 0. The zero-order chi connectivity index (χ0) is 7.98. The zero-order valence-corrected chi connectivity index (χ0v) is 8.93. The van der Waals surface area contributed by atoms with Crippen molar-refractivity contribution in [2.45, 2.75) is 39.8 Å². The highest BCUT2D eigenvalue weighted by atomic mass is 28.3. The molecule has 0 radical (unpaired) electrons. The van der Waals surface area contributed by atoms with Crippen LogP contribution in [-0.4, -0.2) is 15.5 Å². The third kappa shape index (κ3) is 5.00. The van der Waals surface area contributed by atoms with E-state index in [1.54, 1.807) is 0 Å². The van der Waals surface area contributed by atoms with Crippen molar-refractivity contribution in [1.29, 1.82) is 0 Å². The Morgan fingerprint density at radius 3 is 2.00 bits per heavy atom. The number of rotatable bonds is 5. The summed E-state index contributed by atoms with van der Waals surface area (Å²) in [7, 11) is -0.498. The summed E-state index contributed by atoms with van der Waals surface area (Å²) in [5, 5.41) is 0. The second-order valence-electron chi connectivity index (χ2n) is 3.32. The quantitative estimate of drug-likeness (QED) is 0.605. The normalized spacial score (nSPS) is 11.4. The first kappa shape index (κ1) is 10.2. The Balaban J connectivity index is 3.26. The monoisotopic (exact) mass is 159 g/mol. The van der Waals surface area contributed by atoms with Gasteiger partial charge in [0.1, 0.15) is 8.96 Å². The molecule has 2 heteroatoms. The molecule has 0 atom stereocenters. The van der Waals surface area contributed by atoms with E-state index in [1.165, 1.54) is 18.6 Å². The van der Waals surface area contributed by atoms with Gasteiger partial charge in [0.15, 0.2) is 0 Å². The molecular formula is C8H21NSi. The fourth-order valence-corrected chi connectivity index (χ4v) is 2.94. The molecule has 0 aliphatic rings. The van der Waals surface area contributed by atoms with Crippen LogP contribution in [0.5, 0.6) is 0 Å². The van der Waals surface area contributed by atoms with Crippen molar-refractivity contribution >= 4 is 8.96 Å². The third-order valence-corrected chi connectivity index (χ3v) is 4.58.